The number of methoxy groups -OCH3 is 1. The molecule has 0 saturated carbocycles. The number of rotatable bonds is 12. The molecule has 258 valence electrons. The number of ether oxygens (including phenoxy) is 6. The molecule has 48 heavy (non-hydrogen) atoms. The smallest absolute Gasteiger partial charge is 0.404 e. The number of aromatic hydroxyl groups is 1. The van der Waals surface area contributed by atoms with Crippen LogP contribution in [0.4, 0.5) is 10.5 Å². The summed E-state index contributed by atoms with van der Waals surface area (Å²) in [6.07, 6.45) is -5.14. The molecular weight excluding hydrogens is 628 g/mol. The summed E-state index contributed by atoms with van der Waals surface area (Å²) >= 11 is 0. The quantitative estimate of drug-likeness (QED) is 0.125. The van der Waals surface area contributed by atoms with Crippen LogP contribution in [0.2, 0.25) is 0 Å². The number of aryl methyl sites for hydroxylation is 1. The van der Waals surface area contributed by atoms with Gasteiger partial charge in [-0.1, -0.05) is 18.8 Å². The van der Waals surface area contributed by atoms with Gasteiger partial charge in [0.2, 0.25) is 6.29 Å². The van der Waals surface area contributed by atoms with E-state index in [1.807, 2.05) is 6.92 Å². The van der Waals surface area contributed by atoms with Crippen LogP contribution in [0.3, 0.4) is 0 Å². The summed E-state index contributed by atoms with van der Waals surface area (Å²) in [5, 5.41) is 24.5. The molecule has 1 fully saturated rings. The second kappa shape index (κ2) is 16.0. The maximum absolute atomic E-state index is 13.0. The molecule has 0 radical (unpaired) electrons. The van der Waals surface area contributed by atoms with Crippen molar-refractivity contribution in [1.29, 1.82) is 0 Å². The first kappa shape index (κ1) is 36.2. The highest BCUT2D eigenvalue weighted by Gasteiger charge is 2.53. The van der Waals surface area contributed by atoms with Gasteiger partial charge in [0, 0.05) is 30.4 Å². The first-order valence-corrected chi connectivity index (χ1v) is 15.2. The van der Waals surface area contributed by atoms with Crippen molar-refractivity contribution < 1.29 is 52.6 Å². The Morgan fingerprint density at radius 3 is 2.46 bits per heavy atom. The highest BCUT2D eigenvalue weighted by molar-refractivity contribution is 6.06. The van der Waals surface area contributed by atoms with Gasteiger partial charge in [-0.05, 0) is 63.6 Å². The van der Waals surface area contributed by atoms with Crippen molar-refractivity contribution in [2.75, 3.05) is 38.9 Å². The van der Waals surface area contributed by atoms with Crippen LogP contribution in [-0.4, -0.2) is 86.0 Å². The van der Waals surface area contributed by atoms with Crippen molar-refractivity contribution in [3.63, 3.8) is 0 Å². The predicted octanol–water partition coefficient (Wildman–Crippen LogP) is 3.21. The molecule has 0 aliphatic carbocycles. The molecule has 4 atom stereocenters. The molecule has 4 rings (SSSR count). The zero-order valence-corrected chi connectivity index (χ0v) is 27.4. The molecule has 2 aromatic carbocycles. The first-order valence-electron chi connectivity index (χ1n) is 15.2. The number of fused-ring (bicyclic) bond motifs is 1. The van der Waals surface area contributed by atoms with Gasteiger partial charge in [0.05, 0.1) is 24.2 Å². The van der Waals surface area contributed by atoms with Gasteiger partial charge in [-0.2, -0.15) is 0 Å². The van der Waals surface area contributed by atoms with Crippen molar-refractivity contribution in [1.82, 2.24) is 0 Å². The lowest BCUT2D eigenvalue weighted by Gasteiger charge is -2.47. The predicted molar refractivity (Wildman–Crippen MR) is 173 cm³/mol. The lowest BCUT2D eigenvalue weighted by atomic mass is 9.89. The Labute approximate surface area is 277 Å². The van der Waals surface area contributed by atoms with Crippen molar-refractivity contribution in [2.45, 2.75) is 64.3 Å². The van der Waals surface area contributed by atoms with E-state index in [2.05, 4.69) is 17.2 Å². The zero-order chi connectivity index (χ0) is 35.0. The van der Waals surface area contributed by atoms with E-state index in [0.717, 1.165) is 6.42 Å². The zero-order valence-electron chi connectivity index (χ0n) is 27.4. The molecule has 0 spiro atoms. The lowest BCUT2D eigenvalue weighted by Crippen LogP contribution is -2.65. The van der Waals surface area contributed by atoms with Gasteiger partial charge in [-0.15, -0.1) is 0 Å². The molecular formula is C34H40N2O12. The van der Waals surface area contributed by atoms with E-state index in [4.69, 9.17) is 38.6 Å². The Kier molecular flexibility index (Phi) is 12.0. The number of aliphatic hydroxyl groups excluding tert-OH is 1. The topological polar surface area (TPSA) is 198 Å². The van der Waals surface area contributed by atoms with Crippen molar-refractivity contribution in [3.8, 4) is 23.3 Å². The lowest BCUT2D eigenvalue weighted by molar-refractivity contribution is -0.304. The molecule has 14 nitrogen and oxygen atoms in total. The third-order valence-electron chi connectivity index (χ3n) is 7.53. The number of carbonyl (C=O) groups excluding carboxylic acids is 2. The van der Waals surface area contributed by atoms with Crippen LogP contribution in [0.15, 0.2) is 45.6 Å². The second-order valence-electron chi connectivity index (χ2n) is 11.4. The van der Waals surface area contributed by atoms with Gasteiger partial charge in [-0.3, -0.25) is 4.79 Å². The molecule has 2 heterocycles. The minimum atomic E-state index is -1.51. The third kappa shape index (κ3) is 8.43. The van der Waals surface area contributed by atoms with E-state index in [9.17, 15) is 24.6 Å². The van der Waals surface area contributed by atoms with Gasteiger partial charge in [0.15, 0.2) is 23.6 Å². The molecule has 0 bridgehead atoms. The van der Waals surface area contributed by atoms with E-state index in [1.165, 1.54) is 31.4 Å². The Bertz CT molecular complexity index is 1720. The van der Waals surface area contributed by atoms with Crippen LogP contribution >= 0.6 is 0 Å². The summed E-state index contributed by atoms with van der Waals surface area (Å²) in [6, 6.07) is 9.23. The molecule has 1 aliphatic rings. The maximum Gasteiger partial charge on any atom is 0.404 e. The molecule has 1 aliphatic heterocycles. The minimum Gasteiger partial charge on any atom is -0.505 e. The van der Waals surface area contributed by atoms with Crippen molar-refractivity contribution in [3.05, 3.63) is 63.5 Å². The summed E-state index contributed by atoms with van der Waals surface area (Å²) in [5.41, 5.74) is 3.78. The van der Waals surface area contributed by atoms with Crippen molar-refractivity contribution in [2.24, 2.45) is 5.73 Å². The SMILES string of the molecule is CCCOCCOCC#Cc1ccc(C(=O)Nc2c(O)c3ccc(O[C@@H]4OC(C)(C)[C@H](OC)[C@@H](OC(N)=O)[C@H]4O)c(C)c3oc2=O)cc1. The van der Waals surface area contributed by atoms with Gasteiger partial charge in [0.25, 0.3) is 5.91 Å². The van der Waals surface area contributed by atoms with Gasteiger partial charge < -0.3 is 54.1 Å². The summed E-state index contributed by atoms with van der Waals surface area (Å²) < 4.78 is 38.7. The summed E-state index contributed by atoms with van der Waals surface area (Å²) in [7, 11) is 1.37. The van der Waals surface area contributed by atoms with Crippen LogP contribution in [0, 0.1) is 18.8 Å². The van der Waals surface area contributed by atoms with Crippen LogP contribution < -0.4 is 21.4 Å². The molecule has 1 saturated heterocycles. The van der Waals surface area contributed by atoms with Gasteiger partial charge in [-0.25, -0.2) is 9.59 Å². The first-order chi connectivity index (χ1) is 22.9. The highest BCUT2D eigenvalue weighted by atomic mass is 16.7. The van der Waals surface area contributed by atoms with Gasteiger partial charge in [0.1, 0.15) is 24.0 Å². The number of nitrogens with one attached hydrogen (secondary N) is 1. The van der Waals surface area contributed by atoms with E-state index in [-0.39, 0.29) is 34.5 Å². The number of nitrogens with two attached hydrogens (primary N) is 1. The normalized spacial score (nSPS) is 20.0. The minimum absolute atomic E-state index is 0.0299. The number of amides is 2. The second-order valence-corrected chi connectivity index (χ2v) is 11.4. The van der Waals surface area contributed by atoms with E-state index in [0.29, 0.717) is 25.4 Å². The van der Waals surface area contributed by atoms with E-state index in [1.54, 1.807) is 32.9 Å². The third-order valence-corrected chi connectivity index (χ3v) is 7.53. The fourth-order valence-corrected chi connectivity index (χ4v) is 5.19. The number of carbonyl (C=O) groups is 2. The highest BCUT2D eigenvalue weighted by Crippen LogP contribution is 2.38. The fraction of sp³-hybridized carbons (Fsp3) is 0.441. The monoisotopic (exact) mass is 668 g/mol. The van der Waals surface area contributed by atoms with Crippen LogP contribution in [0.25, 0.3) is 11.0 Å². The molecule has 14 heteroatoms. The van der Waals surface area contributed by atoms with Crippen molar-refractivity contribution >= 4 is 28.7 Å². The number of aliphatic hydroxyl groups is 1. The number of primary amides is 1. The molecule has 1 aromatic heterocycles. The summed E-state index contributed by atoms with van der Waals surface area (Å²) in [4.78, 5) is 37.5. The summed E-state index contributed by atoms with van der Waals surface area (Å²) in [5.74, 6) is 4.79. The van der Waals surface area contributed by atoms with Crippen LogP contribution in [-0.2, 0) is 23.7 Å². The Morgan fingerprint density at radius 1 is 1.08 bits per heavy atom. The average molecular weight is 669 g/mol. The number of hydrogen-bond donors (Lipinski definition) is 4. The Hall–Kier alpha value is -4.65. The van der Waals surface area contributed by atoms with E-state index < -0.39 is 59.3 Å². The fourth-order valence-electron chi connectivity index (χ4n) is 5.19. The molecule has 2 amide bonds. The number of hydrogen-bond acceptors (Lipinski definition) is 12. The van der Waals surface area contributed by atoms with Crippen LogP contribution in [0.1, 0.15) is 48.7 Å². The number of benzene rings is 2. The van der Waals surface area contributed by atoms with E-state index >= 15 is 0 Å². The van der Waals surface area contributed by atoms with Crippen LogP contribution in [0.5, 0.6) is 11.5 Å². The Balaban J connectivity index is 1.47. The molecule has 0 unspecified atom stereocenters. The molecule has 3 aromatic rings. The largest absolute Gasteiger partial charge is 0.505 e. The maximum atomic E-state index is 13.0. The number of anilines is 1. The standard InChI is InChI=1S/C34H40N2O12/c1-6-15-43-17-18-44-16-7-8-20-9-11-21(12-10-20)30(39)36-24-25(37)22-13-14-23(19(2)27(22)46-31(24)40)45-32-26(38)28(47-33(35)41)29(42-5)34(3,4)48-32/h9-14,26,28-29,32,37-38H,6,15-18H2,1-5H3,(H2,35,41)(H,36,39)/t26-,28+,29-,32-/m1/s1. The summed E-state index contributed by atoms with van der Waals surface area (Å²) in [6.45, 7) is 8.79. The van der Waals surface area contributed by atoms with Gasteiger partial charge >= 0.3 is 11.7 Å². The molecule has 5 N–H and O–H groups in total. The average Bonchev–Trinajstić information content (AvgIpc) is 3.04. The Morgan fingerprint density at radius 2 is 1.79 bits per heavy atom.